The van der Waals surface area contributed by atoms with Crippen molar-refractivity contribution < 1.29 is 9.84 Å². The molecule has 2 heterocycles. The second-order valence-electron chi connectivity index (χ2n) is 4.97. The lowest BCUT2D eigenvalue weighted by Gasteiger charge is -2.17. The molecule has 0 spiro atoms. The van der Waals surface area contributed by atoms with Crippen molar-refractivity contribution in [1.82, 2.24) is 9.13 Å². The van der Waals surface area contributed by atoms with Gasteiger partial charge in [-0.3, -0.25) is 13.9 Å². The Morgan fingerprint density at radius 3 is 2.91 bits per heavy atom. The highest BCUT2D eigenvalue weighted by Gasteiger charge is 2.36. The Kier molecular flexibility index (Phi) is 5.41. The number of aliphatic hydroxyl groups excluding tert-OH is 1. The van der Waals surface area contributed by atoms with Crippen molar-refractivity contribution in [1.29, 1.82) is 0 Å². The minimum atomic E-state index is -0.680. The molecule has 1 aromatic rings. The average molecular weight is 374 g/mol. The molecule has 22 heavy (non-hydrogen) atoms. The molecule has 1 aliphatic rings. The van der Waals surface area contributed by atoms with Gasteiger partial charge in [0.15, 0.2) is 0 Å². The van der Waals surface area contributed by atoms with Gasteiger partial charge in [-0.05, 0) is 12.5 Å². The van der Waals surface area contributed by atoms with Gasteiger partial charge < -0.3 is 9.84 Å². The fourth-order valence-corrected chi connectivity index (χ4v) is 2.84. The van der Waals surface area contributed by atoms with E-state index in [1.807, 2.05) is 0 Å². The number of rotatable bonds is 5. The molecule has 0 radical (unpaired) electrons. The Balaban J connectivity index is 2.44. The maximum Gasteiger partial charge on any atom is 0.333 e. The molecule has 1 fully saturated rings. The first-order valence-corrected chi connectivity index (χ1v) is 7.84. The first-order valence-electron chi connectivity index (χ1n) is 6.72. The summed E-state index contributed by atoms with van der Waals surface area (Å²) < 4.78 is 8.03. The van der Waals surface area contributed by atoms with Crippen molar-refractivity contribution in [3.8, 4) is 0 Å². The van der Waals surface area contributed by atoms with Crippen LogP contribution in [0.3, 0.4) is 0 Å². The van der Waals surface area contributed by atoms with Crippen LogP contribution in [0.1, 0.15) is 18.2 Å². The molecule has 1 aromatic heterocycles. The zero-order chi connectivity index (χ0) is 16.3. The van der Waals surface area contributed by atoms with E-state index >= 15 is 0 Å². The highest BCUT2D eigenvalue weighted by molar-refractivity contribution is 9.09. The van der Waals surface area contributed by atoms with Crippen molar-refractivity contribution >= 4 is 15.9 Å². The molecule has 0 unspecified atom stereocenters. The highest BCUT2D eigenvalue weighted by atomic mass is 79.9. The van der Waals surface area contributed by atoms with Crippen molar-refractivity contribution in [2.75, 3.05) is 11.9 Å². The number of nitrogens with zero attached hydrogens (tertiary/aromatic N) is 5. The fraction of sp³-hybridized carbons (Fsp3) is 0.667. The molecule has 1 aliphatic heterocycles. The second-order valence-corrected chi connectivity index (χ2v) is 5.76. The second kappa shape index (κ2) is 7.10. The summed E-state index contributed by atoms with van der Waals surface area (Å²) in [6, 6.07) is -0.552. The van der Waals surface area contributed by atoms with Crippen LogP contribution in [0.4, 0.5) is 0 Å². The molecule has 0 aliphatic carbocycles. The van der Waals surface area contributed by atoms with E-state index in [0.717, 1.165) is 4.57 Å². The molecule has 3 atom stereocenters. The number of aromatic nitrogens is 2. The van der Waals surface area contributed by atoms with Crippen molar-refractivity contribution in [2.24, 2.45) is 5.11 Å². The summed E-state index contributed by atoms with van der Waals surface area (Å²) in [5.74, 6) is 0. The quantitative estimate of drug-likeness (QED) is 0.352. The lowest BCUT2D eigenvalue weighted by molar-refractivity contribution is -0.0277. The average Bonchev–Trinajstić information content (AvgIpc) is 2.90. The van der Waals surface area contributed by atoms with Crippen molar-refractivity contribution in [3.63, 3.8) is 0 Å². The number of hydrogen-bond acceptors (Lipinski definition) is 5. The van der Waals surface area contributed by atoms with Gasteiger partial charge in [-0.1, -0.05) is 21.0 Å². The summed E-state index contributed by atoms with van der Waals surface area (Å²) >= 11 is 3.21. The highest BCUT2D eigenvalue weighted by Crippen LogP contribution is 2.29. The zero-order valence-electron chi connectivity index (χ0n) is 11.9. The third-order valence-electron chi connectivity index (χ3n) is 3.57. The number of aryl methyl sites for hydroxylation is 1. The van der Waals surface area contributed by atoms with Gasteiger partial charge in [-0.15, -0.1) is 0 Å². The van der Waals surface area contributed by atoms with Crippen LogP contribution in [0.15, 0.2) is 20.9 Å². The van der Waals surface area contributed by atoms with Gasteiger partial charge in [0.25, 0.3) is 5.56 Å². The molecule has 10 heteroatoms. The Bertz CT molecular complexity index is 708. The van der Waals surface area contributed by atoms with E-state index in [0.29, 0.717) is 10.9 Å². The predicted octanol–water partition coefficient (Wildman–Crippen LogP) is 0.672. The topological polar surface area (TPSA) is 122 Å². The molecule has 0 aromatic carbocycles. The molecule has 120 valence electrons. The number of ether oxygens (including phenoxy) is 1. The van der Waals surface area contributed by atoms with Gasteiger partial charge in [0.05, 0.1) is 18.8 Å². The van der Waals surface area contributed by atoms with E-state index in [9.17, 15) is 14.7 Å². The molecular weight excluding hydrogens is 358 g/mol. The predicted molar refractivity (Wildman–Crippen MR) is 82.0 cm³/mol. The minimum Gasteiger partial charge on any atom is -0.394 e. The minimum absolute atomic E-state index is 0.245. The Labute approximate surface area is 133 Å². The Morgan fingerprint density at radius 1 is 1.59 bits per heavy atom. The first-order chi connectivity index (χ1) is 10.5. The molecule has 2 rings (SSSR count). The van der Waals surface area contributed by atoms with E-state index in [4.69, 9.17) is 10.3 Å². The summed E-state index contributed by atoms with van der Waals surface area (Å²) in [6.07, 6.45) is 0.361. The third-order valence-corrected chi connectivity index (χ3v) is 3.92. The molecule has 1 N–H and O–H groups in total. The summed E-state index contributed by atoms with van der Waals surface area (Å²) in [5.41, 5.74) is 8.13. The maximum atomic E-state index is 12.4. The Morgan fingerprint density at radius 2 is 2.32 bits per heavy atom. The number of halogens is 1. The summed E-state index contributed by atoms with van der Waals surface area (Å²) in [5, 5.41) is 13.3. The molecule has 0 saturated carbocycles. The van der Waals surface area contributed by atoms with E-state index in [1.165, 1.54) is 10.8 Å². The summed E-state index contributed by atoms with van der Waals surface area (Å²) in [4.78, 5) is 27.2. The van der Waals surface area contributed by atoms with Crippen LogP contribution in [-0.2, 0) is 11.3 Å². The lowest BCUT2D eigenvalue weighted by Crippen LogP contribution is -2.42. The van der Waals surface area contributed by atoms with Crippen molar-refractivity contribution in [2.45, 2.75) is 38.3 Å². The van der Waals surface area contributed by atoms with E-state index in [-0.39, 0.29) is 25.1 Å². The third kappa shape index (κ3) is 3.09. The monoisotopic (exact) mass is 373 g/mol. The fourth-order valence-electron chi connectivity index (χ4n) is 2.48. The molecule has 9 nitrogen and oxygen atoms in total. The normalized spacial score (nSPS) is 24.2. The van der Waals surface area contributed by atoms with Crippen LogP contribution < -0.4 is 11.2 Å². The molecule has 0 amide bonds. The summed E-state index contributed by atoms with van der Waals surface area (Å²) in [6.45, 7) is 1.55. The van der Waals surface area contributed by atoms with Crippen LogP contribution >= 0.6 is 15.9 Å². The largest absolute Gasteiger partial charge is 0.394 e. The van der Waals surface area contributed by atoms with Crippen LogP contribution in [0.5, 0.6) is 0 Å². The first kappa shape index (κ1) is 16.8. The van der Waals surface area contributed by atoms with E-state index in [2.05, 4.69) is 26.0 Å². The SMILES string of the molecule is Cc1cn([C@H]2C[C@H](N=[N+]=[N-])[C@@H](CO)O2)c(=O)n(CCBr)c1=O. The van der Waals surface area contributed by atoms with Gasteiger partial charge in [0.1, 0.15) is 6.23 Å². The van der Waals surface area contributed by atoms with Gasteiger partial charge in [-0.2, -0.15) is 0 Å². The number of aliphatic hydroxyl groups is 1. The number of hydrogen-bond donors (Lipinski definition) is 1. The van der Waals surface area contributed by atoms with E-state index < -0.39 is 24.1 Å². The smallest absolute Gasteiger partial charge is 0.333 e. The van der Waals surface area contributed by atoms with Crippen LogP contribution in [0, 0.1) is 6.92 Å². The van der Waals surface area contributed by atoms with Crippen LogP contribution in [0.25, 0.3) is 10.4 Å². The number of azide groups is 1. The van der Waals surface area contributed by atoms with Crippen LogP contribution in [0.2, 0.25) is 0 Å². The van der Waals surface area contributed by atoms with Gasteiger partial charge in [0, 0.05) is 35.0 Å². The maximum absolute atomic E-state index is 12.4. The standard InChI is InChI=1S/C12H16BrN5O4/c1-7-5-18(12(21)17(3-2-13)11(7)20)10-4-8(15-16-14)9(6-19)22-10/h5,8-10,19H,2-4,6H2,1H3/t8-,9+,10+/m0/s1. The van der Waals surface area contributed by atoms with Gasteiger partial charge in [0.2, 0.25) is 0 Å². The molecular formula is C12H16BrN5O4. The molecule has 1 saturated heterocycles. The lowest BCUT2D eigenvalue weighted by atomic mass is 10.1. The van der Waals surface area contributed by atoms with Crippen LogP contribution in [-0.4, -0.2) is 38.3 Å². The zero-order valence-corrected chi connectivity index (χ0v) is 13.5. The van der Waals surface area contributed by atoms with Gasteiger partial charge in [-0.25, -0.2) is 4.79 Å². The number of alkyl halides is 1. The summed E-state index contributed by atoms with van der Waals surface area (Å²) in [7, 11) is 0. The van der Waals surface area contributed by atoms with E-state index in [1.54, 1.807) is 6.92 Å². The van der Waals surface area contributed by atoms with Gasteiger partial charge >= 0.3 is 5.69 Å². The van der Waals surface area contributed by atoms with Crippen molar-refractivity contribution in [3.05, 3.63) is 43.0 Å². The molecule has 0 bridgehead atoms. The Hall–Kier alpha value is -1.61.